The third kappa shape index (κ3) is 3.54. The summed E-state index contributed by atoms with van der Waals surface area (Å²) >= 11 is 10.8. The van der Waals surface area contributed by atoms with Crippen LogP contribution in [0.2, 0.25) is 5.02 Å². The molecule has 0 aliphatic rings. The minimum Gasteiger partial charge on any atom is -0.496 e. The Kier molecular flexibility index (Phi) is 5.17. The van der Waals surface area contributed by atoms with Gasteiger partial charge in [-0.2, -0.15) is 0 Å². The van der Waals surface area contributed by atoms with Gasteiger partial charge >= 0.3 is 0 Å². The average Bonchev–Trinajstić information content (AvgIpc) is 2.84. The molecule has 2 rings (SSSR count). The zero-order valence-corrected chi connectivity index (χ0v) is 13.0. The second-order valence-electron chi connectivity index (χ2n) is 3.28. The lowest BCUT2D eigenvalue weighted by atomic mass is 10.2. The highest BCUT2D eigenvalue weighted by atomic mass is 35.5. The van der Waals surface area contributed by atoms with E-state index < -0.39 is 0 Å². The van der Waals surface area contributed by atoms with Crippen LogP contribution >= 0.6 is 46.5 Å². The normalized spacial score (nSPS) is 10.6. The molecule has 2 aromatic rings. The van der Waals surface area contributed by atoms with Crippen LogP contribution in [0.5, 0.6) is 5.75 Å². The fourth-order valence-electron chi connectivity index (χ4n) is 1.34. The van der Waals surface area contributed by atoms with Crippen LogP contribution in [0.15, 0.2) is 26.9 Å². The summed E-state index contributed by atoms with van der Waals surface area (Å²) in [7, 11) is 1.66. The van der Waals surface area contributed by atoms with Gasteiger partial charge in [0.05, 0.1) is 7.11 Å². The van der Waals surface area contributed by atoms with Crippen molar-refractivity contribution in [1.29, 1.82) is 0 Å². The van der Waals surface area contributed by atoms with Crippen molar-refractivity contribution in [2.45, 2.75) is 14.4 Å². The number of thioether (sulfide) groups is 2. The van der Waals surface area contributed by atoms with Gasteiger partial charge in [0.25, 0.3) is 0 Å². The van der Waals surface area contributed by atoms with E-state index in [2.05, 4.69) is 10.2 Å². The molecule has 3 nitrogen and oxygen atoms in total. The molecule has 96 valence electrons. The molecule has 1 aromatic heterocycles. The number of rotatable bonds is 5. The van der Waals surface area contributed by atoms with Gasteiger partial charge in [-0.15, -0.1) is 10.2 Å². The van der Waals surface area contributed by atoms with Crippen molar-refractivity contribution in [2.75, 3.05) is 13.4 Å². The summed E-state index contributed by atoms with van der Waals surface area (Å²) in [6.45, 7) is 0. The Morgan fingerprint density at radius 2 is 2.11 bits per heavy atom. The number of aromatic nitrogens is 2. The van der Waals surface area contributed by atoms with E-state index in [1.165, 1.54) is 0 Å². The molecule has 0 radical (unpaired) electrons. The van der Waals surface area contributed by atoms with E-state index >= 15 is 0 Å². The van der Waals surface area contributed by atoms with Crippen LogP contribution in [-0.4, -0.2) is 23.6 Å². The molecule has 0 saturated carbocycles. The monoisotopic (exact) mass is 318 g/mol. The number of benzene rings is 1. The molecule has 0 unspecified atom stereocenters. The molecule has 0 amide bonds. The van der Waals surface area contributed by atoms with E-state index in [1.54, 1.807) is 42.0 Å². The van der Waals surface area contributed by atoms with Crippen LogP contribution in [0.3, 0.4) is 0 Å². The van der Waals surface area contributed by atoms with Gasteiger partial charge in [-0.3, -0.25) is 0 Å². The third-order valence-corrected chi connectivity index (χ3v) is 5.47. The summed E-state index contributed by atoms with van der Waals surface area (Å²) in [5, 5.41) is 8.89. The van der Waals surface area contributed by atoms with Gasteiger partial charge < -0.3 is 4.74 Å². The highest BCUT2D eigenvalue weighted by Crippen LogP contribution is 2.33. The molecule has 0 atom stereocenters. The van der Waals surface area contributed by atoms with Crippen LogP contribution in [0.1, 0.15) is 5.56 Å². The van der Waals surface area contributed by atoms with E-state index in [0.29, 0.717) is 5.02 Å². The number of halogens is 1. The second kappa shape index (κ2) is 6.65. The van der Waals surface area contributed by atoms with Crippen LogP contribution < -0.4 is 4.74 Å². The van der Waals surface area contributed by atoms with E-state index in [4.69, 9.17) is 16.3 Å². The minimum atomic E-state index is 0.716. The van der Waals surface area contributed by atoms with Crippen LogP contribution in [0.4, 0.5) is 0 Å². The Balaban J connectivity index is 2.07. The molecule has 0 bridgehead atoms. The molecule has 0 aliphatic carbocycles. The summed E-state index contributed by atoms with van der Waals surface area (Å²) in [6.07, 6.45) is 1.99. The standard InChI is InChI=1S/C11H11ClN2OS3/c1-15-9-4-3-8(12)5-7(9)6-17-11-14-13-10(16-2)18-11/h3-5H,6H2,1-2H3. The van der Waals surface area contributed by atoms with Gasteiger partial charge in [-0.1, -0.05) is 46.5 Å². The molecule has 0 fully saturated rings. The van der Waals surface area contributed by atoms with E-state index in [0.717, 1.165) is 25.7 Å². The largest absolute Gasteiger partial charge is 0.496 e. The Bertz CT molecular complexity index is 533. The van der Waals surface area contributed by atoms with Gasteiger partial charge in [-0.25, -0.2) is 0 Å². The van der Waals surface area contributed by atoms with E-state index in [-0.39, 0.29) is 0 Å². The molecule has 18 heavy (non-hydrogen) atoms. The zero-order chi connectivity index (χ0) is 13.0. The average molecular weight is 319 g/mol. The summed E-state index contributed by atoms with van der Waals surface area (Å²) in [4.78, 5) is 0. The number of nitrogens with zero attached hydrogens (tertiary/aromatic N) is 2. The molecule has 1 aromatic carbocycles. The zero-order valence-electron chi connectivity index (χ0n) is 9.84. The first-order valence-electron chi connectivity index (χ1n) is 5.05. The van der Waals surface area contributed by atoms with Crippen molar-refractivity contribution in [3.63, 3.8) is 0 Å². The molecular weight excluding hydrogens is 308 g/mol. The second-order valence-corrected chi connectivity index (χ2v) is 6.97. The maximum absolute atomic E-state index is 5.99. The Hall–Kier alpha value is -0.430. The first-order chi connectivity index (χ1) is 8.72. The minimum absolute atomic E-state index is 0.716. The maximum atomic E-state index is 5.99. The van der Waals surface area contributed by atoms with Gasteiger partial charge in [-0.05, 0) is 24.5 Å². The number of ether oxygens (including phenoxy) is 1. The first kappa shape index (κ1) is 14.0. The fourth-order valence-corrected chi connectivity index (χ4v) is 3.95. The topological polar surface area (TPSA) is 35.0 Å². The van der Waals surface area contributed by atoms with Crippen LogP contribution in [0, 0.1) is 0 Å². The lowest BCUT2D eigenvalue weighted by molar-refractivity contribution is 0.411. The Morgan fingerprint density at radius 1 is 1.33 bits per heavy atom. The Labute approximate surface area is 123 Å². The third-order valence-electron chi connectivity index (χ3n) is 2.16. The smallest absolute Gasteiger partial charge is 0.175 e. The number of hydrogen-bond acceptors (Lipinski definition) is 6. The summed E-state index contributed by atoms with van der Waals surface area (Å²) < 4.78 is 7.25. The van der Waals surface area contributed by atoms with E-state index in [1.807, 2.05) is 24.5 Å². The lowest BCUT2D eigenvalue weighted by Gasteiger charge is -2.07. The predicted octanol–water partition coefficient (Wildman–Crippen LogP) is 4.21. The van der Waals surface area contributed by atoms with Crippen LogP contribution in [-0.2, 0) is 5.75 Å². The van der Waals surface area contributed by atoms with E-state index in [9.17, 15) is 0 Å². The summed E-state index contributed by atoms with van der Waals surface area (Å²) in [6, 6.07) is 5.63. The molecule has 0 aliphatic heterocycles. The predicted molar refractivity (Wildman–Crippen MR) is 79.3 cm³/mol. The highest BCUT2D eigenvalue weighted by molar-refractivity contribution is 8.02. The first-order valence-corrected chi connectivity index (χ1v) is 8.46. The number of hydrogen-bond donors (Lipinski definition) is 0. The Morgan fingerprint density at radius 3 is 2.78 bits per heavy atom. The van der Waals surface area contributed by atoms with Crippen molar-refractivity contribution in [2.24, 2.45) is 0 Å². The van der Waals surface area contributed by atoms with Crippen molar-refractivity contribution in [3.8, 4) is 5.75 Å². The summed E-state index contributed by atoms with van der Waals surface area (Å²) in [5.74, 6) is 1.62. The fraction of sp³-hybridized carbons (Fsp3) is 0.273. The van der Waals surface area contributed by atoms with Crippen LogP contribution in [0.25, 0.3) is 0 Å². The molecule has 0 saturated heterocycles. The number of methoxy groups -OCH3 is 1. The lowest BCUT2D eigenvalue weighted by Crippen LogP contribution is -1.90. The molecule has 0 spiro atoms. The molecule has 1 heterocycles. The quantitative estimate of drug-likeness (QED) is 0.771. The van der Waals surface area contributed by atoms with Gasteiger partial charge in [0.1, 0.15) is 5.75 Å². The maximum Gasteiger partial charge on any atom is 0.175 e. The molecule has 0 N–H and O–H groups in total. The van der Waals surface area contributed by atoms with Crippen molar-refractivity contribution in [1.82, 2.24) is 10.2 Å². The molecule has 7 heteroatoms. The van der Waals surface area contributed by atoms with Crippen molar-refractivity contribution in [3.05, 3.63) is 28.8 Å². The van der Waals surface area contributed by atoms with Gasteiger partial charge in [0, 0.05) is 16.3 Å². The van der Waals surface area contributed by atoms with Crippen molar-refractivity contribution < 1.29 is 4.74 Å². The summed E-state index contributed by atoms with van der Waals surface area (Å²) in [5.41, 5.74) is 1.07. The van der Waals surface area contributed by atoms with Gasteiger partial charge in [0.15, 0.2) is 8.68 Å². The molecular formula is C11H11ClN2OS3. The highest BCUT2D eigenvalue weighted by Gasteiger charge is 2.08. The van der Waals surface area contributed by atoms with Crippen molar-refractivity contribution >= 4 is 46.5 Å². The SMILES string of the molecule is COc1ccc(Cl)cc1CSc1nnc(SC)s1. The van der Waals surface area contributed by atoms with Gasteiger partial charge in [0.2, 0.25) is 0 Å².